The van der Waals surface area contributed by atoms with Gasteiger partial charge in [0.2, 0.25) is 0 Å². The molecule has 1 saturated heterocycles. The first kappa shape index (κ1) is 32.5. The Hall–Kier alpha value is -0.450. The van der Waals surface area contributed by atoms with Crippen LogP contribution in [0.4, 0.5) is 83.4 Å². The molecule has 2 unspecified atom stereocenters. The van der Waals surface area contributed by atoms with Crippen LogP contribution >= 0.6 is 0 Å². The van der Waals surface area contributed by atoms with Crippen molar-refractivity contribution in [2.45, 2.75) is 59.9 Å². The molecule has 1 fully saturated rings. The molecule has 0 aliphatic carbocycles. The first-order valence-electron chi connectivity index (χ1n) is 6.63. The summed E-state index contributed by atoms with van der Waals surface area (Å²) in [7, 11) is 0. The predicted molar refractivity (Wildman–Crippen MR) is 58.5 cm³/mol. The Labute approximate surface area is 188 Å². The Kier molecular flexibility index (Phi) is 7.67. The fraction of sp³-hybridized carbons (Fsp3) is 1.00. The molecule has 193 valence electrons. The van der Waals surface area contributed by atoms with Gasteiger partial charge in [0.15, 0.2) is 0 Å². The number of alkyl halides is 19. The fourth-order valence-electron chi connectivity index (χ4n) is 1.98. The summed E-state index contributed by atoms with van der Waals surface area (Å²) in [6, 6.07) is 0. The molecule has 1 aliphatic heterocycles. The van der Waals surface area contributed by atoms with Crippen LogP contribution in [0.3, 0.4) is 0 Å². The Morgan fingerprint density at radius 2 is 0.818 bits per heavy atom. The number of hydrogen-bond donors (Lipinski definition) is 1. The smallest absolute Gasteiger partial charge is 0.332 e. The van der Waals surface area contributed by atoms with Gasteiger partial charge in [0.1, 0.15) is 0 Å². The molecule has 0 aromatic carbocycles. The van der Waals surface area contributed by atoms with Crippen LogP contribution in [0.1, 0.15) is 0 Å². The molecule has 1 N–H and O–H groups in total. The summed E-state index contributed by atoms with van der Waals surface area (Å²) >= 11 is 0. The van der Waals surface area contributed by atoms with Gasteiger partial charge in [-0.1, -0.05) is 0 Å². The van der Waals surface area contributed by atoms with Gasteiger partial charge < -0.3 is 5.11 Å². The standard InChI is InChI=1S/C10HF19O3.Na/c11-1(12,3(15,16)7(20,21)22)5(19)10(28,29)32-6(31-5,9(26,27)30)2(13,14)4(17,18)8(23,24)25;/h30H;. The maximum absolute atomic E-state index is 14.0. The third-order valence-electron chi connectivity index (χ3n) is 3.64. The molecule has 0 spiro atoms. The summed E-state index contributed by atoms with van der Waals surface area (Å²) in [5.74, 6) is -48.6. The van der Waals surface area contributed by atoms with Crippen molar-refractivity contribution < 1.29 is 98.0 Å². The van der Waals surface area contributed by atoms with Crippen LogP contribution in [-0.2, 0) is 9.47 Å². The second kappa shape index (κ2) is 7.77. The van der Waals surface area contributed by atoms with Crippen molar-refractivity contribution in [3.05, 3.63) is 0 Å². The minimum absolute atomic E-state index is 0. The molecule has 0 amide bonds. The van der Waals surface area contributed by atoms with Gasteiger partial charge in [-0.15, -0.1) is 0 Å². The van der Waals surface area contributed by atoms with Crippen LogP contribution in [0.5, 0.6) is 0 Å². The summed E-state index contributed by atoms with van der Waals surface area (Å²) in [6.07, 6.45) is -30.9. The molecule has 0 saturated carbocycles. The average molecular weight is 553 g/mol. The zero-order valence-corrected chi connectivity index (χ0v) is 16.4. The maximum atomic E-state index is 14.0. The molecule has 33 heavy (non-hydrogen) atoms. The molecule has 0 bridgehead atoms. The number of aliphatic hydroxyl groups is 1. The van der Waals surface area contributed by atoms with Crippen LogP contribution in [-0.4, -0.2) is 94.6 Å². The van der Waals surface area contributed by atoms with Gasteiger partial charge in [-0.2, -0.15) is 83.4 Å². The monoisotopic (exact) mass is 553 g/mol. The van der Waals surface area contributed by atoms with Gasteiger partial charge in [0, 0.05) is 29.6 Å². The van der Waals surface area contributed by atoms with Crippen molar-refractivity contribution in [2.24, 2.45) is 0 Å². The summed E-state index contributed by atoms with van der Waals surface area (Å²) in [6.45, 7) is 0. The van der Waals surface area contributed by atoms with Gasteiger partial charge in [0.05, 0.1) is 0 Å². The van der Waals surface area contributed by atoms with Gasteiger partial charge in [-0.3, -0.25) is 9.47 Å². The van der Waals surface area contributed by atoms with Gasteiger partial charge >= 0.3 is 59.9 Å². The van der Waals surface area contributed by atoms with Crippen LogP contribution in [0.25, 0.3) is 0 Å². The van der Waals surface area contributed by atoms with Gasteiger partial charge in [0.25, 0.3) is 0 Å². The Morgan fingerprint density at radius 1 is 0.515 bits per heavy atom. The van der Waals surface area contributed by atoms with Crippen molar-refractivity contribution in [1.29, 1.82) is 0 Å². The topological polar surface area (TPSA) is 38.7 Å². The third-order valence-corrected chi connectivity index (χ3v) is 3.64. The Balaban J connectivity index is 0.0000102. The molecule has 1 rings (SSSR count). The van der Waals surface area contributed by atoms with Crippen LogP contribution < -0.4 is 0 Å². The van der Waals surface area contributed by atoms with E-state index in [0.29, 0.717) is 0 Å². The van der Waals surface area contributed by atoms with Crippen molar-refractivity contribution >= 4 is 29.6 Å². The van der Waals surface area contributed by atoms with E-state index in [1.807, 2.05) is 0 Å². The molecular weight excluding hydrogens is 552 g/mol. The molecule has 23 heteroatoms. The summed E-state index contributed by atoms with van der Waals surface area (Å²) in [4.78, 5) is 0. The Morgan fingerprint density at radius 3 is 1.09 bits per heavy atom. The number of hydrogen-bond acceptors (Lipinski definition) is 3. The normalized spacial score (nSPS) is 28.0. The van der Waals surface area contributed by atoms with Crippen molar-refractivity contribution in [1.82, 2.24) is 0 Å². The van der Waals surface area contributed by atoms with E-state index in [1.54, 1.807) is 9.47 Å². The summed E-state index contributed by atoms with van der Waals surface area (Å²) in [5.41, 5.74) is 0. The molecule has 3 nitrogen and oxygen atoms in total. The Bertz CT molecular complexity index is 738. The van der Waals surface area contributed by atoms with E-state index >= 15 is 0 Å². The molecule has 0 aromatic heterocycles. The van der Waals surface area contributed by atoms with Crippen LogP contribution in [0.2, 0.25) is 0 Å². The SMILES string of the molecule is OC(F)(F)C1(C(F)(F)C(F)(F)C(F)(F)F)OC(F)(F)C(F)(C(F)(F)C(F)(F)C(F)(F)F)O1.[Na]. The van der Waals surface area contributed by atoms with E-state index in [4.69, 9.17) is 5.11 Å². The molecular formula is C10HF19NaO3. The molecule has 1 aliphatic rings. The van der Waals surface area contributed by atoms with E-state index in [1.165, 1.54) is 0 Å². The van der Waals surface area contributed by atoms with E-state index in [2.05, 4.69) is 0 Å². The molecule has 1 heterocycles. The summed E-state index contributed by atoms with van der Waals surface area (Å²) in [5, 5.41) is 8.11. The van der Waals surface area contributed by atoms with Crippen LogP contribution in [0.15, 0.2) is 0 Å². The first-order chi connectivity index (χ1) is 13.4. The van der Waals surface area contributed by atoms with E-state index in [9.17, 15) is 83.4 Å². The van der Waals surface area contributed by atoms with E-state index < -0.39 is 59.9 Å². The average Bonchev–Trinajstić information content (AvgIpc) is 2.73. The van der Waals surface area contributed by atoms with Gasteiger partial charge in [-0.05, 0) is 0 Å². The summed E-state index contributed by atoms with van der Waals surface area (Å²) < 4.78 is 249. The third kappa shape index (κ3) is 3.95. The second-order valence-corrected chi connectivity index (χ2v) is 5.77. The fourth-order valence-corrected chi connectivity index (χ4v) is 1.98. The molecule has 0 aromatic rings. The number of rotatable bonds is 5. The first-order valence-corrected chi connectivity index (χ1v) is 6.63. The molecule has 1 radical (unpaired) electrons. The second-order valence-electron chi connectivity index (χ2n) is 5.77. The maximum Gasteiger partial charge on any atom is 0.460 e. The molecule has 2 atom stereocenters. The van der Waals surface area contributed by atoms with Crippen molar-refractivity contribution in [2.75, 3.05) is 0 Å². The van der Waals surface area contributed by atoms with E-state index in [0.717, 1.165) is 0 Å². The minimum atomic E-state index is -8.35. The largest absolute Gasteiger partial charge is 0.460 e. The number of ether oxygens (including phenoxy) is 2. The van der Waals surface area contributed by atoms with E-state index in [-0.39, 0.29) is 29.6 Å². The predicted octanol–water partition coefficient (Wildman–Crippen LogP) is 4.86. The van der Waals surface area contributed by atoms with Crippen LogP contribution in [0, 0.1) is 0 Å². The van der Waals surface area contributed by atoms with Crippen molar-refractivity contribution in [3.63, 3.8) is 0 Å². The van der Waals surface area contributed by atoms with Gasteiger partial charge in [-0.25, -0.2) is 0 Å². The zero-order chi connectivity index (χ0) is 26.4. The zero-order valence-electron chi connectivity index (χ0n) is 14.4. The number of halogens is 19. The van der Waals surface area contributed by atoms with Crippen molar-refractivity contribution in [3.8, 4) is 0 Å². The minimum Gasteiger partial charge on any atom is -0.332 e. The quantitative estimate of drug-likeness (QED) is 0.391.